The van der Waals surface area contributed by atoms with Crippen molar-refractivity contribution in [2.24, 2.45) is 0 Å². The van der Waals surface area contributed by atoms with E-state index in [2.05, 4.69) is 11.3 Å². The number of hydrogen-bond donors (Lipinski definition) is 1. The number of halogens is 6. The number of ether oxygens (including phenoxy) is 1. The number of rotatable bonds is 6. The second-order valence-corrected chi connectivity index (χ2v) is 3.89. The fourth-order valence-electron chi connectivity index (χ4n) is 1.06. The molecule has 0 fully saturated rings. The van der Waals surface area contributed by atoms with E-state index in [0.29, 0.717) is 0 Å². The predicted molar refractivity (Wildman–Crippen MR) is 52.3 cm³/mol. The van der Waals surface area contributed by atoms with Gasteiger partial charge in [0.15, 0.2) is 0 Å². The van der Waals surface area contributed by atoms with Gasteiger partial charge in [-0.1, -0.05) is 6.58 Å². The van der Waals surface area contributed by atoms with Crippen LogP contribution in [-0.4, -0.2) is 42.1 Å². The van der Waals surface area contributed by atoms with E-state index >= 15 is 0 Å². The van der Waals surface area contributed by atoms with E-state index < -0.39 is 43.4 Å². The Labute approximate surface area is 104 Å². The van der Waals surface area contributed by atoms with Crippen LogP contribution < -0.4 is 0 Å². The second kappa shape index (κ2) is 6.27. The van der Waals surface area contributed by atoms with Crippen LogP contribution in [0.4, 0.5) is 26.3 Å². The van der Waals surface area contributed by atoms with Crippen molar-refractivity contribution in [3.8, 4) is 0 Å². The van der Waals surface area contributed by atoms with Gasteiger partial charge in [0.05, 0.1) is 0 Å². The van der Waals surface area contributed by atoms with Crippen molar-refractivity contribution < 1.29 is 41.0 Å². The predicted octanol–water partition coefficient (Wildman–Crippen LogP) is 2.39. The zero-order valence-electron chi connectivity index (χ0n) is 9.81. The van der Waals surface area contributed by atoms with E-state index in [1.165, 1.54) is 0 Å². The van der Waals surface area contributed by atoms with Crippen LogP contribution in [0.3, 0.4) is 0 Å². The average Bonchev–Trinajstić information content (AvgIpc) is 2.25. The first kappa shape index (κ1) is 17.8. The highest BCUT2D eigenvalue weighted by Gasteiger charge is 2.61. The molecule has 9 heteroatoms. The maximum absolute atomic E-state index is 12.4. The van der Waals surface area contributed by atoms with Gasteiger partial charge in [0, 0.05) is 12.0 Å². The van der Waals surface area contributed by atoms with Gasteiger partial charge in [0.1, 0.15) is 12.8 Å². The standard InChI is InChI=1S/C10H12F6O3/c1-5(2)7(17)19-6(4-11)3-9(18,8(12)13)10(14,15)16/h6,8,18H,1,3-4H2,2H3. The quantitative estimate of drug-likeness (QED) is 0.465. The smallest absolute Gasteiger partial charge is 0.423 e. The van der Waals surface area contributed by atoms with Crippen LogP contribution in [-0.2, 0) is 9.53 Å². The van der Waals surface area contributed by atoms with Crippen LogP contribution in [0.25, 0.3) is 0 Å². The number of esters is 1. The largest absolute Gasteiger partial charge is 0.456 e. The highest BCUT2D eigenvalue weighted by molar-refractivity contribution is 5.87. The molecule has 0 amide bonds. The number of alkyl halides is 6. The van der Waals surface area contributed by atoms with Crippen LogP contribution in [0.5, 0.6) is 0 Å². The zero-order chi connectivity index (χ0) is 15.4. The molecule has 0 heterocycles. The van der Waals surface area contributed by atoms with Crippen molar-refractivity contribution in [3.63, 3.8) is 0 Å². The third kappa shape index (κ3) is 4.41. The first-order chi connectivity index (χ1) is 8.45. The molecule has 112 valence electrons. The number of aliphatic hydroxyl groups is 1. The minimum Gasteiger partial charge on any atom is -0.456 e. The Morgan fingerprint density at radius 2 is 1.84 bits per heavy atom. The van der Waals surface area contributed by atoms with Gasteiger partial charge in [0.25, 0.3) is 6.43 Å². The minimum atomic E-state index is -5.69. The van der Waals surface area contributed by atoms with Crippen LogP contribution in [0.2, 0.25) is 0 Å². The summed E-state index contributed by atoms with van der Waals surface area (Å²) in [5.41, 5.74) is -4.69. The molecule has 2 unspecified atom stereocenters. The van der Waals surface area contributed by atoms with Crippen molar-refractivity contribution in [2.45, 2.75) is 37.7 Å². The Kier molecular flexibility index (Phi) is 5.85. The molecule has 2 atom stereocenters. The Balaban J connectivity index is 5.02. The molecule has 19 heavy (non-hydrogen) atoms. The van der Waals surface area contributed by atoms with Crippen molar-refractivity contribution >= 4 is 5.97 Å². The van der Waals surface area contributed by atoms with Gasteiger partial charge in [-0.15, -0.1) is 0 Å². The van der Waals surface area contributed by atoms with Crippen molar-refractivity contribution in [1.29, 1.82) is 0 Å². The summed E-state index contributed by atoms with van der Waals surface area (Å²) in [6.45, 7) is 2.58. The molecule has 0 aliphatic heterocycles. The number of hydrogen-bond acceptors (Lipinski definition) is 3. The molecular weight excluding hydrogens is 282 g/mol. The number of carbonyl (C=O) groups is 1. The summed E-state index contributed by atoms with van der Waals surface area (Å²) in [7, 11) is 0. The lowest BCUT2D eigenvalue weighted by Gasteiger charge is -2.31. The summed E-state index contributed by atoms with van der Waals surface area (Å²) in [5.74, 6) is -1.23. The van der Waals surface area contributed by atoms with Crippen molar-refractivity contribution in [3.05, 3.63) is 12.2 Å². The summed E-state index contributed by atoms with van der Waals surface area (Å²) >= 11 is 0. The topological polar surface area (TPSA) is 46.5 Å². The molecule has 0 aromatic carbocycles. The molecule has 0 aromatic heterocycles. The molecule has 3 nitrogen and oxygen atoms in total. The Hall–Kier alpha value is -1.25. The zero-order valence-corrected chi connectivity index (χ0v) is 9.81. The number of carbonyl (C=O) groups excluding carboxylic acids is 1. The summed E-state index contributed by atoms with van der Waals surface area (Å²) in [5, 5.41) is 8.92. The monoisotopic (exact) mass is 294 g/mol. The van der Waals surface area contributed by atoms with Gasteiger partial charge >= 0.3 is 12.1 Å². The Morgan fingerprint density at radius 1 is 1.37 bits per heavy atom. The van der Waals surface area contributed by atoms with E-state index in [0.717, 1.165) is 6.92 Å². The van der Waals surface area contributed by atoms with E-state index in [4.69, 9.17) is 5.11 Å². The summed E-state index contributed by atoms with van der Waals surface area (Å²) in [4.78, 5) is 11.0. The van der Waals surface area contributed by atoms with Gasteiger partial charge in [0.2, 0.25) is 5.60 Å². The SMILES string of the molecule is C=C(C)C(=O)OC(CF)CC(O)(C(F)F)C(F)(F)F. The van der Waals surface area contributed by atoms with Gasteiger partial charge in [-0.25, -0.2) is 18.0 Å². The van der Waals surface area contributed by atoms with E-state index in [-0.39, 0.29) is 5.57 Å². The van der Waals surface area contributed by atoms with E-state index in [1.54, 1.807) is 0 Å². The molecule has 0 saturated carbocycles. The molecule has 0 saturated heterocycles. The van der Waals surface area contributed by atoms with E-state index in [1.807, 2.05) is 0 Å². The summed E-state index contributed by atoms with van der Waals surface area (Å²) in [6, 6.07) is 0. The highest BCUT2D eigenvalue weighted by atomic mass is 19.4. The van der Waals surface area contributed by atoms with Crippen LogP contribution in [0.1, 0.15) is 13.3 Å². The molecule has 0 aliphatic rings. The lowest BCUT2D eigenvalue weighted by molar-refractivity contribution is -0.306. The lowest BCUT2D eigenvalue weighted by atomic mass is 9.96. The second-order valence-electron chi connectivity index (χ2n) is 3.89. The maximum atomic E-state index is 12.4. The fourth-order valence-corrected chi connectivity index (χ4v) is 1.06. The molecule has 0 aromatic rings. The van der Waals surface area contributed by atoms with Crippen LogP contribution in [0, 0.1) is 0 Å². The van der Waals surface area contributed by atoms with Gasteiger partial charge in [-0.3, -0.25) is 0 Å². The summed E-state index contributed by atoms with van der Waals surface area (Å²) < 4.78 is 78.3. The van der Waals surface area contributed by atoms with E-state index in [9.17, 15) is 31.1 Å². The minimum absolute atomic E-state index is 0.244. The molecule has 0 bridgehead atoms. The molecule has 1 N–H and O–H groups in total. The molecule has 0 spiro atoms. The summed E-state index contributed by atoms with van der Waals surface area (Å²) in [6.07, 6.45) is -13.8. The maximum Gasteiger partial charge on any atom is 0.423 e. The normalized spacial score (nSPS) is 16.9. The Bertz CT molecular complexity index is 341. The molecule has 0 rings (SSSR count). The van der Waals surface area contributed by atoms with Gasteiger partial charge in [-0.2, -0.15) is 13.2 Å². The molecule has 0 aliphatic carbocycles. The van der Waals surface area contributed by atoms with Gasteiger partial charge < -0.3 is 9.84 Å². The van der Waals surface area contributed by atoms with Crippen LogP contribution >= 0.6 is 0 Å². The first-order valence-corrected chi connectivity index (χ1v) is 4.95. The van der Waals surface area contributed by atoms with Gasteiger partial charge in [-0.05, 0) is 6.92 Å². The lowest BCUT2D eigenvalue weighted by Crippen LogP contribution is -2.54. The Morgan fingerprint density at radius 3 is 2.11 bits per heavy atom. The van der Waals surface area contributed by atoms with Crippen molar-refractivity contribution in [2.75, 3.05) is 6.67 Å². The van der Waals surface area contributed by atoms with Crippen LogP contribution in [0.15, 0.2) is 12.2 Å². The molecule has 0 radical (unpaired) electrons. The third-order valence-corrected chi connectivity index (χ3v) is 2.19. The highest BCUT2D eigenvalue weighted by Crippen LogP contribution is 2.39. The molecular formula is C10H12F6O3. The van der Waals surface area contributed by atoms with Crippen molar-refractivity contribution in [1.82, 2.24) is 0 Å². The average molecular weight is 294 g/mol. The third-order valence-electron chi connectivity index (χ3n) is 2.19. The first-order valence-electron chi connectivity index (χ1n) is 4.95. The fraction of sp³-hybridized carbons (Fsp3) is 0.700.